The monoisotopic (exact) mass is 343 g/mol. The van der Waals surface area contributed by atoms with E-state index < -0.39 is 11.8 Å². The summed E-state index contributed by atoms with van der Waals surface area (Å²) in [5, 5.41) is 2.78. The molecule has 1 aromatic carbocycles. The van der Waals surface area contributed by atoms with Crippen LogP contribution in [-0.2, 0) is 9.53 Å². The number of amides is 1. The van der Waals surface area contributed by atoms with Crippen molar-refractivity contribution in [1.82, 2.24) is 5.32 Å². The maximum Gasteiger partial charge on any atom is 0.339 e. The Morgan fingerprint density at radius 2 is 2.20 bits per heavy atom. The van der Waals surface area contributed by atoms with Gasteiger partial charge in [-0.15, -0.1) is 0 Å². The lowest BCUT2D eigenvalue weighted by Gasteiger charge is -2.13. The number of carbonyl (C=O) groups is 2. The van der Waals surface area contributed by atoms with Gasteiger partial charge in [0.1, 0.15) is 5.82 Å². The first-order chi connectivity index (χ1) is 9.47. The van der Waals surface area contributed by atoms with Gasteiger partial charge in [-0.05, 0) is 59.8 Å². The molecule has 108 valence electrons. The number of hydrogen-bond donors (Lipinski definition) is 1. The standard InChI is InChI=1S/C14H15BrFNO3/c1-8(9-2-3-9)17-13(18)7-20-14(19)11-5-4-10(16)6-12(11)15/h4-6,8-9H,2-3,7H2,1H3,(H,17,18)/t8-/m1/s1. The molecule has 20 heavy (non-hydrogen) atoms. The predicted molar refractivity (Wildman–Crippen MR) is 74.7 cm³/mol. The summed E-state index contributed by atoms with van der Waals surface area (Å²) in [6, 6.07) is 3.76. The van der Waals surface area contributed by atoms with E-state index in [0.29, 0.717) is 10.4 Å². The van der Waals surface area contributed by atoms with Crippen LogP contribution in [0.5, 0.6) is 0 Å². The van der Waals surface area contributed by atoms with E-state index in [2.05, 4.69) is 21.2 Å². The van der Waals surface area contributed by atoms with Gasteiger partial charge in [0.25, 0.3) is 5.91 Å². The van der Waals surface area contributed by atoms with Crippen LogP contribution in [-0.4, -0.2) is 24.5 Å². The lowest BCUT2D eigenvalue weighted by molar-refractivity contribution is -0.124. The normalized spacial score (nSPS) is 15.6. The molecule has 1 fully saturated rings. The van der Waals surface area contributed by atoms with Crippen molar-refractivity contribution in [2.75, 3.05) is 6.61 Å². The molecule has 1 N–H and O–H groups in total. The van der Waals surface area contributed by atoms with E-state index in [1.54, 1.807) is 0 Å². The van der Waals surface area contributed by atoms with Gasteiger partial charge in [-0.1, -0.05) is 0 Å². The van der Waals surface area contributed by atoms with Gasteiger partial charge in [0.2, 0.25) is 0 Å². The number of esters is 1. The summed E-state index contributed by atoms with van der Waals surface area (Å²) in [6.45, 7) is 1.60. The Morgan fingerprint density at radius 3 is 2.80 bits per heavy atom. The van der Waals surface area contributed by atoms with Gasteiger partial charge in [-0.2, -0.15) is 0 Å². The number of hydrogen-bond acceptors (Lipinski definition) is 3. The second-order valence-electron chi connectivity index (χ2n) is 4.89. The number of ether oxygens (including phenoxy) is 1. The van der Waals surface area contributed by atoms with Crippen molar-refractivity contribution >= 4 is 27.8 Å². The number of rotatable bonds is 5. The van der Waals surface area contributed by atoms with Crippen LogP contribution in [0.2, 0.25) is 0 Å². The van der Waals surface area contributed by atoms with Crippen LogP contribution >= 0.6 is 15.9 Å². The molecule has 0 aromatic heterocycles. The van der Waals surface area contributed by atoms with Crippen LogP contribution in [0.25, 0.3) is 0 Å². The fraction of sp³-hybridized carbons (Fsp3) is 0.429. The molecule has 1 aromatic rings. The first-order valence-electron chi connectivity index (χ1n) is 6.39. The van der Waals surface area contributed by atoms with Crippen molar-refractivity contribution in [3.8, 4) is 0 Å². The van der Waals surface area contributed by atoms with Gasteiger partial charge >= 0.3 is 5.97 Å². The minimum Gasteiger partial charge on any atom is -0.452 e. The molecule has 0 heterocycles. The van der Waals surface area contributed by atoms with Crippen LogP contribution < -0.4 is 5.32 Å². The van der Waals surface area contributed by atoms with Gasteiger partial charge < -0.3 is 10.1 Å². The Hall–Kier alpha value is -1.43. The van der Waals surface area contributed by atoms with Crippen molar-refractivity contribution in [2.45, 2.75) is 25.8 Å². The van der Waals surface area contributed by atoms with Crippen molar-refractivity contribution in [3.63, 3.8) is 0 Å². The molecule has 0 radical (unpaired) electrons. The number of halogens is 2. The van der Waals surface area contributed by atoms with E-state index in [1.807, 2.05) is 6.92 Å². The molecule has 0 aliphatic heterocycles. The molecule has 1 amide bonds. The Bertz CT molecular complexity index is 531. The van der Waals surface area contributed by atoms with Gasteiger partial charge in [0, 0.05) is 10.5 Å². The molecule has 1 saturated carbocycles. The van der Waals surface area contributed by atoms with Gasteiger partial charge in [0.05, 0.1) is 5.56 Å². The smallest absolute Gasteiger partial charge is 0.339 e. The molecular weight excluding hydrogens is 329 g/mol. The first-order valence-corrected chi connectivity index (χ1v) is 7.18. The van der Waals surface area contributed by atoms with E-state index in [9.17, 15) is 14.0 Å². The number of carbonyl (C=O) groups excluding carboxylic acids is 2. The maximum absolute atomic E-state index is 12.9. The second-order valence-corrected chi connectivity index (χ2v) is 5.75. The molecule has 2 rings (SSSR count). The molecule has 1 aliphatic rings. The lowest BCUT2D eigenvalue weighted by Crippen LogP contribution is -2.37. The summed E-state index contributed by atoms with van der Waals surface area (Å²) in [5.41, 5.74) is 0.189. The molecule has 0 unspecified atom stereocenters. The summed E-state index contributed by atoms with van der Waals surface area (Å²) in [7, 11) is 0. The number of benzene rings is 1. The lowest BCUT2D eigenvalue weighted by atomic mass is 10.2. The molecular formula is C14H15BrFNO3. The summed E-state index contributed by atoms with van der Waals surface area (Å²) in [5.74, 6) is -0.896. The Balaban J connectivity index is 1.83. The molecule has 4 nitrogen and oxygen atoms in total. The highest BCUT2D eigenvalue weighted by Crippen LogP contribution is 2.32. The third kappa shape index (κ3) is 4.03. The van der Waals surface area contributed by atoms with E-state index in [0.717, 1.165) is 18.9 Å². The van der Waals surface area contributed by atoms with Crippen molar-refractivity contribution in [3.05, 3.63) is 34.1 Å². The third-order valence-corrected chi connectivity index (χ3v) is 3.86. The van der Waals surface area contributed by atoms with Crippen LogP contribution in [0, 0.1) is 11.7 Å². The SMILES string of the molecule is C[C@@H](NC(=O)COC(=O)c1ccc(F)cc1Br)C1CC1. The average molecular weight is 344 g/mol. The molecule has 0 saturated heterocycles. The van der Waals surface area contributed by atoms with Crippen molar-refractivity contribution < 1.29 is 18.7 Å². The van der Waals surface area contributed by atoms with Crippen LogP contribution in [0.1, 0.15) is 30.1 Å². The van der Waals surface area contributed by atoms with E-state index >= 15 is 0 Å². The Morgan fingerprint density at radius 1 is 1.50 bits per heavy atom. The molecule has 1 atom stereocenters. The summed E-state index contributed by atoms with van der Waals surface area (Å²) in [6.07, 6.45) is 2.26. The van der Waals surface area contributed by atoms with Gasteiger partial charge in [-0.3, -0.25) is 4.79 Å². The second kappa shape index (κ2) is 6.35. The van der Waals surface area contributed by atoms with Crippen LogP contribution in [0.3, 0.4) is 0 Å². The molecule has 6 heteroatoms. The van der Waals surface area contributed by atoms with Crippen molar-refractivity contribution in [2.24, 2.45) is 5.92 Å². The van der Waals surface area contributed by atoms with Crippen LogP contribution in [0.15, 0.2) is 22.7 Å². The largest absolute Gasteiger partial charge is 0.452 e. The van der Waals surface area contributed by atoms with Crippen LogP contribution in [0.4, 0.5) is 4.39 Å². The molecule has 0 bridgehead atoms. The van der Waals surface area contributed by atoms with Gasteiger partial charge in [-0.25, -0.2) is 9.18 Å². The average Bonchev–Trinajstić information content (AvgIpc) is 3.20. The maximum atomic E-state index is 12.9. The first kappa shape index (κ1) is 15.0. The van der Waals surface area contributed by atoms with Gasteiger partial charge in [0.15, 0.2) is 6.61 Å². The molecule has 0 spiro atoms. The fourth-order valence-electron chi connectivity index (χ4n) is 1.87. The van der Waals surface area contributed by atoms with E-state index in [1.165, 1.54) is 12.1 Å². The van der Waals surface area contributed by atoms with Crippen molar-refractivity contribution in [1.29, 1.82) is 0 Å². The zero-order valence-electron chi connectivity index (χ0n) is 11.0. The zero-order chi connectivity index (χ0) is 14.7. The fourth-order valence-corrected chi connectivity index (χ4v) is 2.39. The van der Waals surface area contributed by atoms with E-state index in [-0.39, 0.29) is 24.1 Å². The number of nitrogens with one attached hydrogen (secondary N) is 1. The Kier molecular flexibility index (Phi) is 4.75. The summed E-state index contributed by atoms with van der Waals surface area (Å²) in [4.78, 5) is 23.4. The minimum atomic E-state index is -0.661. The quantitative estimate of drug-likeness (QED) is 0.836. The minimum absolute atomic E-state index is 0.110. The summed E-state index contributed by atoms with van der Waals surface area (Å²) < 4.78 is 18.1. The van der Waals surface area contributed by atoms with E-state index in [4.69, 9.17) is 4.74 Å². The summed E-state index contributed by atoms with van der Waals surface area (Å²) >= 11 is 3.08. The Labute approximate surface area is 124 Å². The molecule has 1 aliphatic carbocycles. The highest BCUT2D eigenvalue weighted by Gasteiger charge is 2.29. The topological polar surface area (TPSA) is 55.4 Å². The predicted octanol–water partition coefficient (Wildman–Crippen LogP) is 2.66. The highest BCUT2D eigenvalue weighted by atomic mass is 79.9. The zero-order valence-corrected chi connectivity index (χ0v) is 12.6. The third-order valence-electron chi connectivity index (χ3n) is 3.20. The highest BCUT2D eigenvalue weighted by molar-refractivity contribution is 9.10.